The Morgan fingerprint density at radius 3 is 2.69 bits per heavy atom. The van der Waals surface area contributed by atoms with Crippen molar-refractivity contribution in [1.82, 2.24) is 14.8 Å². The molecule has 152 valence electrons. The van der Waals surface area contributed by atoms with E-state index in [0.717, 1.165) is 12.0 Å². The van der Waals surface area contributed by atoms with Crippen LogP contribution in [0.5, 0.6) is 0 Å². The van der Waals surface area contributed by atoms with Crippen LogP contribution >= 0.6 is 35.0 Å². The number of ketones is 1. The van der Waals surface area contributed by atoms with E-state index in [-0.39, 0.29) is 11.0 Å². The molecule has 1 heterocycles. The standard InChI is InChI=1S/C21H21Cl2N3O2S/c1-14(19(27)15-7-5-8-16(22)13-15)29-21-25-24-20(26(21)11-6-12-28-2)17-9-3-4-10-18(17)23/h3-5,7-10,13-14H,6,11-12H2,1-2H3. The molecule has 0 aliphatic carbocycles. The van der Waals surface area contributed by atoms with Gasteiger partial charge >= 0.3 is 0 Å². The summed E-state index contributed by atoms with van der Waals surface area (Å²) in [5, 5.41) is 10.2. The lowest BCUT2D eigenvalue weighted by atomic mass is 10.1. The average molecular weight is 450 g/mol. The number of nitrogens with zero attached hydrogens (tertiary/aromatic N) is 3. The monoisotopic (exact) mass is 449 g/mol. The van der Waals surface area contributed by atoms with Crippen LogP contribution in [0.25, 0.3) is 11.4 Å². The van der Waals surface area contributed by atoms with Crippen LogP contribution in [0, 0.1) is 0 Å². The zero-order valence-electron chi connectivity index (χ0n) is 16.1. The largest absolute Gasteiger partial charge is 0.385 e. The number of aromatic nitrogens is 3. The van der Waals surface area contributed by atoms with Gasteiger partial charge in [0.2, 0.25) is 0 Å². The van der Waals surface area contributed by atoms with E-state index in [2.05, 4.69) is 10.2 Å². The fourth-order valence-electron chi connectivity index (χ4n) is 2.87. The van der Waals surface area contributed by atoms with E-state index >= 15 is 0 Å². The summed E-state index contributed by atoms with van der Waals surface area (Å²) in [6.07, 6.45) is 0.788. The molecule has 1 atom stereocenters. The van der Waals surface area contributed by atoms with Gasteiger partial charge in [-0.05, 0) is 37.6 Å². The van der Waals surface area contributed by atoms with Crippen LogP contribution in [0.4, 0.5) is 0 Å². The molecule has 5 nitrogen and oxygen atoms in total. The first-order valence-corrected chi connectivity index (χ1v) is 10.8. The summed E-state index contributed by atoms with van der Waals surface area (Å²) in [5.41, 5.74) is 1.38. The average Bonchev–Trinajstić information content (AvgIpc) is 3.10. The Morgan fingerprint density at radius 1 is 1.17 bits per heavy atom. The minimum atomic E-state index is -0.349. The van der Waals surface area contributed by atoms with Gasteiger partial charge in [-0.3, -0.25) is 4.79 Å². The Kier molecular flexibility index (Phi) is 7.72. The molecule has 0 spiro atoms. The Bertz CT molecular complexity index is 994. The summed E-state index contributed by atoms with van der Waals surface area (Å²) in [5.74, 6) is 0.667. The highest BCUT2D eigenvalue weighted by Gasteiger charge is 2.22. The molecule has 2 aromatic carbocycles. The van der Waals surface area contributed by atoms with Gasteiger partial charge in [0.15, 0.2) is 16.8 Å². The maximum atomic E-state index is 12.8. The van der Waals surface area contributed by atoms with Crippen LogP contribution in [0.2, 0.25) is 10.0 Å². The van der Waals surface area contributed by atoms with Crippen molar-refractivity contribution in [2.45, 2.75) is 30.3 Å². The third-order valence-electron chi connectivity index (χ3n) is 4.32. The second kappa shape index (κ2) is 10.3. The molecule has 0 saturated carbocycles. The minimum Gasteiger partial charge on any atom is -0.385 e. The minimum absolute atomic E-state index is 0.0109. The van der Waals surface area contributed by atoms with Crippen LogP contribution in [0.15, 0.2) is 53.7 Å². The number of halogens is 2. The predicted octanol–water partition coefficient (Wildman–Crippen LogP) is 5.65. The van der Waals surface area contributed by atoms with Crippen LogP contribution in [-0.4, -0.2) is 39.5 Å². The topological polar surface area (TPSA) is 57.0 Å². The molecule has 8 heteroatoms. The summed E-state index contributed by atoms with van der Waals surface area (Å²) in [6.45, 7) is 3.13. The van der Waals surface area contributed by atoms with Gasteiger partial charge in [-0.2, -0.15) is 0 Å². The number of methoxy groups -OCH3 is 1. The highest BCUT2D eigenvalue weighted by Crippen LogP contribution is 2.31. The first-order chi connectivity index (χ1) is 14.0. The van der Waals surface area contributed by atoms with Crippen molar-refractivity contribution in [1.29, 1.82) is 0 Å². The molecule has 0 N–H and O–H groups in total. The first-order valence-electron chi connectivity index (χ1n) is 9.14. The van der Waals surface area contributed by atoms with Crippen molar-refractivity contribution in [2.75, 3.05) is 13.7 Å². The van der Waals surface area contributed by atoms with Gasteiger partial charge in [-0.15, -0.1) is 10.2 Å². The first kappa shape index (κ1) is 21.8. The molecular formula is C21H21Cl2N3O2S. The normalized spacial score (nSPS) is 12.1. The Labute approximate surface area is 184 Å². The van der Waals surface area contributed by atoms with E-state index in [0.29, 0.717) is 39.7 Å². The van der Waals surface area contributed by atoms with E-state index in [1.807, 2.05) is 35.8 Å². The molecule has 1 unspecified atom stereocenters. The van der Waals surface area contributed by atoms with Crippen LogP contribution in [0.3, 0.4) is 0 Å². The summed E-state index contributed by atoms with van der Waals surface area (Å²) in [7, 11) is 1.67. The van der Waals surface area contributed by atoms with Gasteiger partial charge in [0.1, 0.15) is 0 Å². The summed E-state index contributed by atoms with van der Waals surface area (Å²) in [4.78, 5) is 12.8. The maximum absolute atomic E-state index is 12.8. The van der Waals surface area contributed by atoms with E-state index in [4.69, 9.17) is 27.9 Å². The second-order valence-electron chi connectivity index (χ2n) is 6.42. The van der Waals surface area contributed by atoms with Crippen LogP contribution in [0.1, 0.15) is 23.7 Å². The zero-order chi connectivity index (χ0) is 20.8. The molecule has 1 aromatic heterocycles. The fourth-order valence-corrected chi connectivity index (χ4v) is 4.24. The lowest BCUT2D eigenvalue weighted by Gasteiger charge is -2.13. The van der Waals surface area contributed by atoms with Crippen molar-refractivity contribution in [3.8, 4) is 11.4 Å². The van der Waals surface area contributed by atoms with E-state index < -0.39 is 0 Å². The smallest absolute Gasteiger partial charge is 0.192 e. The van der Waals surface area contributed by atoms with Gasteiger partial charge in [0.25, 0.3) is 0 Å². The van der Waals surface area contributed by atoms with Gasteiger partial charge < -0.3 is 9.30 Å². The van der Waals surface area contributed by atoms with E-state index in [1.165, 1.54) is 11.8 Å². The number of Topliss-reactive ketones (excluding diaryl/α,β-unsaturated/α-hetero) is 1. The number of carbonyl (C=O) groups excluding carboxylic acids is 1. The van der Waals surface area contributed by atoms with Gasteiger partial charge in [0.05, 0.1) is 10.3 Å². The summed E-state index contributed by atoms with van der Waals surface area (Å²) in [6, 6.07) is 14.5. The van der Waals surface area contributed by atoms with Crippen molar-refractivity contribution in [3.63, 3.8) is 0 Å². The molecule has 0 radical (unpaired) electrons. The van der Waals surface area contributed by atoms with Crippen molar-refractivity contribution < 1.29 is 9.53 Å². The molecule has 29 heavy (non-hydrogen) atoms. The van der Waals surface area contributed by atoms with Crippen LogP contribution < -0.4 is 0 Å². The molecule has 0 aliphatic rings. The molecular weight excluding hydrogens is 429 g/mol. The Hall–Kier alpha value is -1.86. The van der Waals surface area contributed by atoms with Gasteiger partial charge in [-0.25, -0.2) is 0 Å². The van der Waals surface area contributed by atoms with E-state index in [1.54, 1.807) is 31.4 Å². The quantitative estimate of drug-likeness (QED) is 0.240. The number of hydrogen-bond donors (Lipinski definition) is 0. The number of benzene rings is 2. The SMILES string of the molecule is COCCCn1c(SC(C)C(=O)c2cccc(Cl)c2)nnc1-c1ccccc1Cl. The molecule has 3 aromatic rings. The number of carbonyl (C=O) groups is 1. The molecule has 0 amide bonds. The summed E-state index contributed by atoms with van der Waals surface area (Å²) >= 11 is 13.8. The van der Waals surface area contributed by atoms with Crippen molar-refractivity contribution >= 4 is 40.7 Å². The summed E-state index contributed by atoms with van der Waals surface area (Å²) < 4.78 is 7.18. The predicted molar refractivity (Wildman–Crippen MR) is 118 cm³/mol. The Balaban J connectivity index is 1.88. The molecule has 3 rings (SSSR count). The van der Waals surface area contributed by atoms with Gasteiger partial charge in [-0.1, -0.05) is 59.2 Å². The molecule has 0 saturated heterocycles. The van der Waals surface area contributed by atoms with Crippen molar-refractivity contribution in [2.24, 2.45) is 0 Å². The number of hydrogen-bond acceptors (Lipinski definition) is 5. The number of rotatable bonds is 9. The Morgan fingerprint density at radius 2 is 1.97 bits per heavy atom. The number of ether oxygens (including phenoxy) is 1. The van der Waals surface area contributed by atoms with E-state index in [9.17, 15) is 4.79 Å². The van der Waals surface area contributed by atoms with Crippen LogP contribution in [-0.2, 0) is 11.3 Å². The van der Waals surface area contributed by atoms with Gasteiger partial charge in [0, 0.05) is 36.4 Å². The number of thioether (sulfide) groups is 1. The lowest BCUT2D eigenvalue weighted by molar-refractivity contribution is 0.0994. The zero-order valence-corrected chi connectivity index (χ0v) is 18.5. The molecule has 0 bridgehead atoms. The third-order valence-corrected chi connectivity index (χ3v) is 5.97. The molecule has 0 fully saturated rings. The lowest BCUT2D eigenvalue weighted by Crippen LogP contribution is -2.15. The second-order valence-corrected chi connectivity index (χ2v) is 8.57. The highest BCUT2D eigenvalue weighted by atomic mass is 35.5. The van der Waals surface area contributed by atoms with Crippen molar-refractivity contribution in [3.05, 3.63) is 64.1 Å². The maximum Gasteiger partial charge on any atom is 0.192 e. The fraction of sp³-hybridized carbons (Fsp3) is 0.286. The third kappa shape index (κ3) is 5.39. The molecule has 0 aliphatic heterocycles. The highest BCUT2D eigenvalue weighted by molar-refractivity contribution is 8.00.